The van der Waals surface area contributed by atoms with Crippen LogP contribution < -0.4 is 14.8 Å². The van der Waals surface area contributed by atoms with Gasteiger partial charge in [-0.25, -0.2) is 4.79 Å². The topological polar surface area (TPSA) is 73.9 Å². The lowest BCUT2D eigenvalue weighted by molar-refractivity contribution is -0.119. The number of nitrogens with one attached hydrogen (secondary N) is 1. The number of hydrogen-bond acceptors (Lipinski definition) is 5. The minimum Gasteiger partial charge on any atom is -0.493 e. The third kappa shape index (κ3) is 5.14. The van der Waals surface area contributed by atoms with Crippen molar-refractivity contribution in [2.24, 2.45) is 0 Å². The minimum absolute atomic E-state index is 0.167. The Balaban J connectivity index is 2.05. The van der Waals surface area contributed by atoms with E-state index in [2.05, 4.69) is 5.32 Å². The number of para-hydroxylation sites is 1. The van der Waals surface area contributed by atoms with Gasteiger partial charge in [-0.15, -0.1) is 0 Å². The highest BCUT2D eigenvalue weighted by Crippen LogP contribution is 2.36. The summed E-state index contributed by atoms with van der Waals surface area (Å²) >= 11 is 6.15. The zero-order valence-electron chi connectivity index (χ0n) is 15.7. The van der Waals surface area contributed by atoms with Gasteiger partial charge in [0.15, 0.2) is 18.1 Å². The van der Waals surface area contributed by atoms with Crippen molar-refractivity contribution in [2.75, 3.05) is 25.6 Å². The first-order valence-corrected chi connectivity index (χ1v) is 8.78. The van der Waals surface area contributed by atoms with Crippen LogP contribution in [-0.4, -0.2) is 32.2 Å². The normalized spacial score (nSPS) is 10.3. The minimum atomic E-state index is -0.685. The van der Waals surface area contributed by atoms with Crippen molar-refractivity contribution in [2.45, 2.75) is 20.8 Å². The summed E-state index contributed by atoms with van der Waals surface area (Å²) in [5, 5.41) is 2.98. The zero-order valence-corrected chi connectivity index (χ0v) is 16.5. The molecule has 0 bridgehead atoms. The maximum absolute atomic E-state index is 12.3. The second-order valence-corrected chi connectivity index (χ2v) is 6.22. The number of halogens is 1. The van der Waals surface area contributed by atoms with E-state index in [4.69, 9.17) is 25.8 Å². The van der Waals surface area contributed by atoms with E-state index in [1.165, 1.54) is 19.2 Å². The van der Waals surface area contributed by atoms with E-state index in [0.29, 0.717) is 23.8 Å². The highest BCUT2D eigenvalue weighted by atomic mass is 35.5. The average molecular weight is 392 g/mol. The van der Waals surface area contributed by atoms with E-state index in [9.17, 15) is 9.59 Å². The molecule has 0 radical (unpaired) electrons. The van der Waals surface area contributed by atoms with Crippen LogP contribution in [0.15, 0.2) is 30.3 Å². The van der Waals surface area contributed by atoms with E-state index < -0.39 is 18.5 Å². The van der Waals surface area contributed by atoms with E-state index in [-0.39, 0.29) is 10.6 Å². The number of esters is 1. The van der Waals surface area contributed by atoms with Crippen LogP contribution in [0, 0.1) is 13.8 Å². The summed E-state index contributed by atoms with van der Waals surface area (Å²) in [5.41, 5.74) is 2.74. The van der Waals surface area contributed by atoms with Gasteiger partial charge >= 0.3 is 5.97 Å². The summed E-state index contributed by atoms with van der Waals surface area (Å²) in [4.78, 5) is 24.4. The number of amides is 1. The largest absolute Gasteiger partial charge is 0.493 e. The lowest BCUT2D eigenvalue weighted by atomic mass is 10.1. The number of anilines is 1. The predicted octanol–water partition coefficient (Wildman–Crippen LogP) is 4.16. The molecule has 0 fully saturated rings. The maximum atomic E-state index is 12.3. The summed E-state index contributed by atoms with van der Waals surface area (Å²) in [5.74, 6) is -0.443. The fourth-order valence-electron chi connectivity index (χ4n) is 2.52. The number of hydrogen-bond donors (Lipinski definition) is 1. The number of ether oxygens (including phenoxy) is 3. The van der Waals surface area contributed by atoms with E-state index in [0.717, 1.165) is 11.1 Å². The van der Waals surface area contributed by atoms with Crippen LogP contribution in [0.3, 0.4) is 0 Å². The van der Waals surface area contributed by atoms with Crippen LogP contribution in [0.25, 0.3) is 0 Å². The first-order chi connectivity index (χ1) is 12.9. The number of carbonyl (C=O) groups excluding carboxylic acids is 2. The lowest BCUT2D eigenvalue weighted by Gasteiger charge is -2.13. The van der Waals surface area contributed by atoms with Crippen LogP contribution in [0.4, 0.5) is 5.69 Å². The second kappa shape index (κ2) is 9.28. The summed E-state index contributed by atoms with van der Waals surface area (Å²) in [6, 6.07) is 8.57. The molecule has 0 saturated carbocycles. The van der Waals surface area contributed by atoms with E-state index in [1.54, 1.807) is 0 Å². The smallest absolute Gasteiger partial charge is 0.338 e. The molecule has 6 nitrogen and oxygen atoms in total. The molecule has 0 saturated heterocycles. The van der Waals surface area contributed by atoms with E-state index >= 15 is 0 Å². The molecule has 0 aromatic heterocycles. The van der Waals surface area contributed by atoms with Gasteiger partial charge in [0, 0.05) is 5.69 Å². The Bertz CT molecular complexity index is 830. The van der Waals surface area contributed by atoms with Gasteiger partial charge in [-0.3, -0.25) is 4.79 Å². The third-order valence-corrected chi connectivity index (χ3v) is 4.11. The standard InChI is InChI=1S/C20H22ClNO5/c1-5-26-19-15(21)9-14(10-16(19)25-4)20(24)27-11-17(23)22-18-12(2)7-6-8-13(18)3/h6-10H,5,11H2,1-4H3,(H,22,23). The highest BCUT2D eigenvalue weighted by molar-refractivity contribution is 6.32. The van der Waals surface area contributed by atoms with Gasteiger partial charge in [0.25, 0.3) is 5.91 Å². The molecule has 0 aliphatic rings. The Morgan fingerprint density at radius 1 is 1.15 bits per heavy atom. The summed E-state index contributed by atoms with van der Waals surface area (Å²) < 4.78 is 15.7. The molecule has 2 rings (SSSR count). The van der Waals surface area contributed by atoms with Crippen molar-refractivity contribution < 1.29 is 23.8 Å². The highest BCUT2D eigenvalue weighted by Gasteiger charge is 2.18. The van der Waals surface area contributed by atoms with Crippen LogP contribution in [0.5, 0.6) is 11.5 Å². The molecule has 0 heterocycles. The fourth-order valence-corrected chi connectivity index (χ4v) is 2.79. The quantitative estimate of drug-likeness (QED) is 0.717. The molecule has 27 heavy (non-hydrogen) atoms. The molecule has 0 aliphatic carbocycles. The number of methoxy groups -OCH3 is 1. The average Bonchev–Trinajstić information content (AvgIpc) is 2.64. The maximum Gasteiger partial charge on any atom is 0.338 e. The Kier molecular flexibility index (Phi) is 7.07. The first kappa shape index (κ1) is 20.6. The van der Waals surface area contributed by atoms with Crippen molar-refractivity contribution >= 4 is 29.2 Å². The molecular formula is C20H22ClNO5. The van der Waals surface area contributed by atoms with Crippen LogP contribution >= 0.6 is 11.6 Å². The van der Waals surface area contributed by atoms with Gasteiger partial charge in [0.1, 0.15) is 0 Å². The Labute approximate surface area is 163 Å². The van der Waals surface area contributed by atoms with Gasteiger partial charge < -0.3 is 19.5 Å². The van der Waals surface area contributed by atoms with Gasteiger partial charge in [-0.2, -0.15) is 0 Å². The van der Waals surface area contributed by atoms with Gasteiger partial charge in [0.2, 0.25) is 0 Å². The molecule has 1 amide bonds. The summed E-state index contributed by atoms with van der Waals surface area (Å²) in [6.45, 7) is 5.58. The van der Waals surface area contributed by atoms with E-state index in [1.807, 2.05) is 39.0 Å². The Morgan fingerprint density at radius 2 is 1.81 bits per heavy atom. The SMILES string of the molecule is CCOc1c(Cl)cc(C(=O)OCC(=O)Nc2c(C)cccc2C)cc1OC. The van der Waals surface area contributed by atoms with Gasteiger partial charge in [-0.05, 0) is 44.0 Å². The molecule has 144 valence electrons. The molecule has 2 aromatic carbocycles. The molecular weight excluding hydrogens is 370 g/mol. The van der Waals surface area contributed by atoms with Gasteiger partial charge in [-0.1, -0.05) is 29.8 Å². The van der Waals surface area contributed by atoms with Crippen molar-refractivity contribution in [3.05, 3.63) is 52.0 Å². The predicted molar refractivity (Wildman–Crippen MR) is 104 cm³/mol. The summed E-state index contributed by atoms with van der Waals surface area (Å²) in [7, 11) is 1.45. The molecule has 0 atom stereocenters. The van der Waals surface area contributed by atoms with Crippen LogP contribution in [0.2, 0.25) is 5.02 Å². The third-order valence-electron chi connectivity index (χ3n) is 3.83. The number of benzene rings is 2. The number of rotatable bonds is 7. The monoisotopic (exact) mass is 391 g/mol. The zero-order chi connectivity index (χ0) is 20.0. The van der Waals surface area contributed by atoms with Crippen molar-refractivity contribution in [3.8, 4) is 11.5 Å². The summed E-state index contributed by atoms with van der Waals surface area (Å²) in [6.07, 6.45) is 0. The van der Waals surface area contributed by atoms with Crippen LogP contribution in [0.1, 0.15) is 28.4 Å². The first-order valence-electron chi connectivity index (χ1n) is 8.40. The molecule has 0 spiro atoms. The molecule has 0 unspecified atom stereocenters. The van der Waals surface area contributed by atoms with Crippen molar-refractivity contribution in [1.29, 1.82) is 0 Å². The molecule has 7 heteroatoms. The van der Waals surface area contributed by atoms with Crippen molar-refractivity contribution in [1.82, 2.24) is 0 Å². The number of carbonyl (C=O) groups is 2. The van der Waals surface area contributed by atoms with Crippen molar-refractivity contribution in [3.63, 3.8) is 0 Å². The Hall–Kier alpha value is -2.73. The molecule has 1 N–H and O–H groups in total. The molecule has 0 aliphatic heterocycles. The number of aryl methyl sites for hydroxylation is 2. The fraction of sp³-hybridized carbons (Fsp3) is 0.300. The van der Waals surface area contributed by atoms with Crippen LogP contribution in [-0.2, 0) is 9.53 Å². The second-order valence-electron chi connectivity index (χ2n) is 5.81. The Morgan fingerprint density at radius 3 is 2.41 bits per heavy atom. The van der Waals surface area contributed by atoms with Gasteiger partial charge in [0.05, 0.1) is 24.3 Å². The molecule has 2 aromatic rings. The lowest BCUT2D eigenvalue weighted by Crippen LogP contribution is -2.22.